The highest BCUT2D eigenvalue weighted by Crippen LogP contribution is 2.37. The average Bonchev–Trinajstić information content (AvgIpc) is 3.34. The number of rotatable bonds is 7. The van der Waals surface area contributed by atoms with E-state index in [1.165, 1.54) is 0 Å². The number of nitrogens with zero attached hydrogens (tertiary/aromatic N) is 5. The van der Waals surface area contributed by atoms with Crippen molar-refractivity contribution in [2.75, 3.05) is 30.0 Å². The van der Waals surface area contributed by atoms with Crippen LogP contribution in [0, 0.1) is 0 Å². The summed E-state index contributed by atoms with van der Waals surface area (Å²) < 4.78 is 7.68. The zero-order valence-corrected chi connectivity index (χ0v) is 18.2. The van der Waals surface area contributed by atoms with Crippen molar-refractivity contribution in [3.63, 3.8) is 0 Å². The number of hydrogen-bond acceptors (Lipinski definition) is 7. The van der Waals surface area contributed by atoms with Crippen LogP contribution in [0.1, 0.15) is 32.6 Å². The summed E-state index contributed by atoms with van der Waals surface area (Å²) in [5, 5.41) is 17.2. The number of aryl methyl sites for hydroxylation is 1. The highest BCUT2D eigenvalue weighted by Gasteiger charge is 2.39. The van der Waals surface area contributed by atoms with Crippen LogP contribution >= 0.6 is 0 Å². The maximum absolute atomic E-state index is 11.9. The van der Waals surface area contributed by atoms with Crippen molar-refractivity contribution in [2.24, 2.45) is 0 Å². The quantitative estimate of drug-likeness (QED) is 0.586. The number of anilines is 2. The van der Waals surface area contributed by atoms with Crippen LogP contribution in [0.5, 0.6) is 0 Å². The van der Waals surface area contributed by atoms with Crippen LogP contribution in [0.15, 0.2) is 30.5 Å². The molecule has 2 aliphatic rings. The molecule has 4 heterocycles. The van der Waals surface area contributed by atoms with E-state index in [1.54, 1.807) is 0 Å². The number of benzene rings is 1. The summed E-state index contributed by atoms with van der Waals surface area (Å²) in [6.45, 7) is 4.25. The van der Waals surface area contributed by atoms with Crippen molar-refractivity contribution >= 4 is 28.4 Å². The summed E-state index contributed by atoms with van der Waals surface area (Å²) in [5.41, 5.74) is 2.42. The third-order valence-electron chi connectivity index (χ3n) is 6.25. The second-order valence-corrected chi connectivity index (χ2v) is 8.35. The molecule has 1 amide bonds. The van der Waals surface area contributed by atoms with Gasteiger partial charge in [-0.2, -0.15) is 5.10 Å². The van der Waals surface area contributed by atoms with Gasteiger partial charge in [0.05, 0.1) is 36.9 Å². The summed E-state index contributed by atoms with van der Waals surface area (Å²) >= 11 is 0. The van der Waals surface area contributed by atoms with Crippen LogP contribution in [0.25, 0.3) is 22.4 Å². The minimum Gasteiger partial charge on any atom is -0.396 e. The molecule has 1 aromatic carbocycles. The van der Waals surface area contributed by atoms with E-state index < -0.39 is 0 Å². The van der Waals surface area contributed by atoms with Gasteiger partial charge in [-0.3, -0.25) is 4.79 Å². The number of carbonyl (C=O) groups excluding carboxylic acids is 1. The summed E-state index contributed by atoms with van der Waals surface area (Å²) in [5.74, 6) is 1.47. The third-order valence-corrected chi connectivity index (χ3v) is 6.25. The van der Waals surface area contributed by atoms with Gasteiger partial charge < -0.3 is 20.1 Å². The van der Waals surface area contributed by atoms with Gasteiger partial charge in [0.15, 0.2) is 11.5 Å². The Balaban J connectivity index is 1.50. The lowest BCUT2D eigenvalue weighted by Gasteiger charge is -2.36. The van der Waals surface area contributed by atoms with Crippen LogP contribution in [-0.4, -0.2) is 62.7 Å². The van der Waals surface area contributed by atoms with Crippen LogP contribution < -0.4 is 10.2 Å². The molecule has 3 aromatic rings. The highest BCUT2D eigenvalue weighted by atomic mass is 16.5. The third kappa shape index (κ3) is 3.82. The Morgan fingerprint density at radius 1 is 1.19 bits per heavy atom. The van der Waals surface area contributed by atoms with E-state index in [4.69, 9.17) is 19.8 Å². The number of morpholine rings is 1. The lowest BCUT2D eigenvalue weighted by molar-refractivity contribution is -0.116. The van der Waals surface area contributed by atoms with Crippen LogP contribution in [0.4, 0.5) is 11.5 Å². The molecule has 0 spiro atoms. The first-order valence-electron chi connectivity index (χ1n) is 11.3. The molecule has 2 fully saturated rings. The molecule has 32 heavy (non-hydrogen) atoms. The first kappa shape index (κ1) is 20.8. The maximum Gasteiger partial charge on any atom is 0.224 e. The topological polar surface area (TPSA) is 105 Å². The van der Waals surface area contributed by atoms with Crippen LogP contribution in [-0.2, 0) is 16.1 Å². The van der Waals surface area contributed by atoms with E-state index in [2.05, 4.69) is 22.2 Å². The fraction of sp³-hybridized carbons (Fsp3) is 0.478. The second kappa shape index (κ2) is 8.84. The normalized spacial score (nSPS) is 20.1. The Morgan fingerprint density at radius 2 is 1.94 bits per heavy atom. The van der Waals surface area contributed by atoms with E-state index in [0.717, 1.165) is 55.0 Å². The van der Waals surface area contributed by atoms with Gasteiger partial charge in [0, 0.05) is 30.8 Å². The van der Waals surface area contributed by atoms with Crippen molar-refractivity contribution in [3.05, 3.63) is 30.5 Å². The van der Waals surface area contributed by atoms with Gasteiger partial charge in [-0.25, -0.2) is 14.6 Å². The molecule has 2 N–H and O–H groups in total. The highest BCUT2D eigenvalue weighted by molar-refractivity contribution is 5.91. The predicted octanol–water partition coefficient (Wildman–Crippen LogP) is 2.59. The number of aromatic nitrogens is 4. The molecular weight excluding hydrogens is 408 g/mol. The van der Waals surface area contributed by atoms with Crippen molar-refractivity contribution in [1.29, 1.82) is 0 Å². The molecule has 168 valence electrons. The lowest BCUT2D eigenvalue weighted by Crippen LogP contribution is -2.46. The molecule has 5 rings (SSSR count). The fourth-order valence-electron chi connectivity index (χ4n) is 4.64. The molecule has 2 bridgehead atoms. The van der Waals surface area contributed by atoms with Crippen molar-refractivity contribution in [2.45, 2.75) is 51.2 Å². The molecule has 9 heteroatoms. The Kier molecular flexibility index (Phi) is 5.75. The SMILES string of the molecule is CCn1ncc2c(N3C4CCC3COC4)nc(-c3ccc(NC(=O)CCCO)cc3)nc21. The van der Waals surface area contributed by atoms with E-state index in [-0.39, 0.29) is 12.5 Å². The van der Waals surface area contributed by atoms with Gasteiger partial charge in [-0.05, 0) is 50.5 Å². The molecule has 0 saturated carbocycles. The van der Waals surface area contributed by atoms with Gasteiger partial charge in [0.2, 0.25) is 5.91 Å². The Labute approximate surface area is 186 Å². The van der Waals surface area contributed by atoms with Gasteiger partial charge in [0.1, 0.15) is 5.82 Å². The average molecular weight is 437 g/mol. The molecule has 0 radical (unpaired) electrons. The van der Waals surface area contributed by atoms with Crippen molar-refractivity contribution in [3.8, 4) is 11.4 Å². The fourth-order valence-corrected chi connectivity index (χ4v) is 4.64. The van der Waals surface area contributed by atoms with Crippen LogP contribution in [0.3, 0.4) is 0 Å². The van der Waals surface area contributed by atoms with E-state index in [1.807, 2.05) is 35.1 Å². The number of nitrogens with one attached hydrogen (secondary N) is 1. The first-order valence-corrected chi connectivity index (χ1v) is 11.3. The standard InChI is InChI=1S/C23H28N6O3/c1-2-28-22-19(12-24-28)23(29-17-9-10-18(29)14-32-13-17)27-21(26-22)15-5-7-16(8-6-15)25-20(31)4-3-11-30/h5-8,12,17-18,30H,2-4,9-11,13-14H2,1H3,(H,25,31). The van der Waals surface area contributed by atoms with E-state index in [9.17, 15) is 4.79 Å². The molecule has 2 aliphatic heterocycles. The molecule has 0 aliphatic carbocycles. The Hall–Kier alpha value is -3.04. The second-order valence-electron chi connectivity index (χ2n) is 8.35. The first-order chi connectivity index (χ1) is 15.7. The van der Waals surface area contributed by atoms with E-state index in [0.29, 0.717) is 36.4 Å². The summed E-state index contributed by atoms with van der Waals surface area (Å²) in [6.07, 6.45) is 4.84. The number of ether oxygens (including phenoxy) is 1. The van der Waals surface area contributed by atoms with Gasteiger partial charge in [-0.1, -0.05) is 0 Å². The number of aliphatic hydroxyl groups excluding tert-OH is 1. The number of hydrogen-bond donors (Lipinski definition) is 2. The van der Waals surface area contributed by atoms with Gasteiger partial charge in [0.25, 0.3) is 0 Å². The molecular formula is C23H28N6O3. The van der Waals surface area contributed by atoms with E-state index >= 15 is 0 Å². The molecule has 2 aromatic heterocycles. The minimum atomic E-state index is -0.110. The van der Waals surface area contributed by atoms with Gasteiger partial charge in [-0.15, -0.1) is 0 Å². The number of carbonyl (C=O) groups is 1. The largest absolute Gasteiger partial charge is 0.396 e. The van der Waals surface area contributed by atoms with Crippen LogP contribution in [0.2, 0.25) is 0 Å². The number of aliphatic hydroxyl groups is 1. The Bertz CT molecular complexity index is 1100. The Morgan fingerprint density at radius 3 is 2.62 bits per heavy atom. The molecule has 9 nitrogen and oxygen atoms in total. The summed E-state index contributed by atoms with van der Waals surface area (Å²) in [4.78, 5) is 24.2. The summed E-state index contributed by atoms with van der Waals surface area (Å²) in [7, 11) is 0. The molecule has 2 atom stereocenters. The minimum absolute atomic E-state index is 0.00765. The lowest BCUT2D eigenvalue weighted by atomic mass is 10.1. The zero-order valence-electron chi connectivity index (χ0n) is 18.2. The maximum atomic E-state index is 11.9. The van der Waals surface area contributed by atoms with Crippen molar-refractivity contribution < 1.29 is 14.6 Å². The molecule has 2 unspecified atom stereocenters. The number of amides is 1. The zero-order chi connectivity index (χ0) is 22.1. The van der Waals surface area contributed by atoms with Crippen molar-refractivity contribution in [1.82, 2.24) is 19.7 Å². The molecule has 2 saturated heterocycles. The smallest absolute Gasteiger partial charge is 0.224 e. The van der Waals surface area contributed by atoms with Gasteiger partial charge >= 0.3 is 0 Å². The monoisotopic (exact) mass is 436 g/mol. The number of fused-ring (bicyclic) bond motifs is 3. The summed E-state index contributed by atoms with van der Waals surface area (Å²) in [6, 6.07) is 8.23. The predicted molar refractivity (Wildman–Crippen MR) is 121 cm³/mol.